The van der Waals surface area contributed by atoms with Crippen molar-refractivity contribution in [1.82, 2.24) is 15.1 Å². The zero-order chi connectivity index (χ0) is 21.1. The molecule has 1 N–H and O–H groups in total. The molecule has 0 spiro atoms. The average molecular weight is 404 g/mol. The lowest BCUT2D eigenvalue weighted by atomic mass is 10.1. The van der Waals surface area contributed by atoms with Gasteiger partial charge in [0.2, 0.25) is 0 Å². The van der Waals surface area contributed by atoms with Gasteiger partial charge in [0.25, 0.3) is 5.91 Å². The summed E-state index contributed by atoms with van der Waals surface area (Å²) in [5.74, 6) is 0.347. The van der Waals surface area contributed by atoms with Gasteiger partial charge in [0.15, 0.2) is 0 Å². The topological polar surface area (TPSA) is 74.6 Å². The molecule has 160 valence electrons. The van der Waals surface area contributed by atoms with E-state index in [9.17, 15) is 4.79 Å². The van der Waals surface area contributed by atoms with Crippen molar-refractivity contribution < 1.29 is 19.0 Å². The summed E-state index contributed by atoms with van der Waals surface area (Å²) in [6.45, 7) is 9.47. The first-order valence-electron chi connectivity index (χ1n) is 10.1. The number of amides is 1. The third-order valence-corrected chi connectivity index (χ3v) is 4.68. The molecular formula is C22H33N3O4. The number of carbonyl (C=O) groups is 1. The van der Waals surface area contributed by atoms with Crippen LogP contribution in [-0.4, -0.2) is 62.4 Å². The van der Waals surface area contributed by atoms with Crippen LogP contribution in [0.5, 0.6) is 0 Å². The van der Waals surface area contributed by atoms with Crippen molar-refractivity contribution in [2.75, 3.05) is 46.7 Å². The average Bonchev–Trinajstić information content (AvgIpc) is 3.22. The van der Waals surface area contributed by atoms with Crippen LogP contribution in [0.3, 0.4) is 0 Å². The Kier molecular flexibility index (Phi) is 9.83. The Morgan fingerprint density at radius 3 is 2.28 bits per heavy atom. The third-order valence-electron chi connectivity index (χ3n) is 4.68. The number of benzene rings is 1. The third kappa shape index (κ3) is 7.61. The fourth-order valence-electron chi connectivity index (χ4n) is 2.73. The molecular weight excluding hydrogens is 370 g/mol. The Morgan fingerprint density at radius 1 is 1.00 bits per heavy atom. The number of hydrogen-bond acceptors (Lipinski definition) is 5. The van der Waals surface area contributed by atoms with Crippen LogP contribution in [0.15, 0.2) is 36.7 Å². The quantitative estimate of drug-likeness (QED) is 0.521. The zero-order valence-electron chi connectivity index (χ0n) is 17.9. The first kappa shape index (κ1) is 23.1. The molecule has 29 heavy (non-hydrogen) atoms. The number of methoxy groups -OCH3 is 1. The number of ether oxygens (including phenoxy) is 3. The number of aromatic nitrogens is 2. The molecule has 1 unspecified atom stereocenters. The molecule has 1 heterocycles. The maximum atomic E-state index is 12.3. The van der Waals surface area contributed by atoms with Crippen LogP contribution >= 0.6 is 0 Å². The van der Waals surface area contributed by atoms with Crippen LogP contribution in [-0.2, 0) is 14.2 Å². The Hall–Kier alpha value is -2.22. The van der Waals surface area contributed by atoms with E-state index in [1.54, 1.807) is 7.11 Å². The van der Waals surface area contributed by atoms with Crippen LogP contribution in [0.2, 0.25) is 0 Å². The van der Waals surface area contributed by atoms with Gasteiger partial charge in [-0.25, -0.2) is 0 Å². The largest absolute Gasteiger partial charge is 0.382 e. The van der Waals surface area contributed by atoms with Crippen molar-refractivity contribution in [3.63, 3.8) is 0 Å². The molecule has 1 aromatic carbocycles. The molecule has 1 atom stereocenters. The highest BCUT2D eigenvalue weighted by Gasteiger charge is 2.12. The van der Waals surface area contributed by atoms with Crippen LogP contribution in [0.4, 0.5) is 0 Å². The molecule has 0 bridgehead atoms. The van der Waals surface area contributed by atoms with E-state index in [0.29, 0.717) is 51.1 Å². The van der Waals surface area contributed by atoms with Gasteiger partial charge in [-0.15, -0.1) is 0 Å². The number of carbonyl (C=O) groups excluding carboxylic acids is 1. The smallest absolute Gasteiger partial charge is 0.251 e. The molecule has 1 aromatic heterocycles. The van der Waals surface area contributed by atoms with Crippen molar-refractivity contribution in [2.24, 2.45) is 0 Å². The number of rotatable bonds is 13. The minimum absolute atomic E-state index is 0.106. The van der Waals surface area contributed by atoms with Gasteiger partial charge in [0, 0.05) is 25.4 Å². The maximum Gasteiger partial charge on any atom is 0.251 e. The molecule has 0 radical (unpaired) electrons. The van der Waals surface area contributed by atoms with E-state index in [2.05, 4.69) is 37.4 Å². The van der Waals surface area contributed by atoms with Crippen molar-refractivity contribution in [3.8, 4) is 0 Å². The lowest BCUT2D eigenvalue weighted by molar-refractivity contribution is 0.0255. The molecule has 0 aliphatic carbocycles. The second-order valence-corrected chi connectivity index (χ2v) is 7.18. The van der Waals surface area contributed by atoms with E-state index in [4.69, 9.17) is 14.2 Å². The second-order valence-electron chi connectivity index (χ2n) is 7.18. The molecule has 0 aliphatic rings. The summed E-state index contributed by atoms with van der Waals surface area (Å²) >= 11 is 0. The van der Waals surface area contributed by atoms with Gasteiger partial charge in [0.1, 0.15) is 0 Å². The Bertz CT molecular complexity index is 728. The number of hydrogen-bond donors (Lipinski definition) is 1. The number of nitrogens with one attached hydrogen (secondary N) is 1. The predicted octanol–water partition coefficient (Wildman–Crippen LogP) is 3.03. The molecule has 1 amide bonds. The van der Waals surface area contributed by atoms with Crippen molar-refractivity contribution in [3.05, 3.63) is 53.3 Å². The minimum Gasteiger partial charge on any atom is -0.382 e. The van der Waals surface area contributed by atoms with Gasteiger partial charge >= 0.3 is 0 Å². The summed E-state index contributed by atoms with van der Waals surface area (Å²) < 4.78 is 17.6. The molecule has 2 rings (SSSR count). The first-order chi connectivity index (χ1) is 14.0. The monoisotopic (exact) mass is 403 g/mol. The van der Waals surface area contributed by atoms with Gasteiger partial charge in [0.05, 0.1) is 45.3 Å². The summed E-state index contributed by atoms with van der Waals surface area (Å²) in [5, 5.41) is 7.33. The van der Waals surface area contributed by atoms with Crippen molar-refractivity contribution >= 4 is 5.91 Å². The van der Waals surface area contributed by atoms with Gasteiger partial charge in [-0.3, -0.25) is 9.48 Å². The Labute approximate surface area is 173 Å². The first-order valence-corrected chi connectivity index (χ1v) is 10.1. The summed E-state index contributed by atoms with van der Waals surface area (Å²) in [4.78, 5) is 12.3. The molecule has 0 saturated carbocycles. The Morgan fingerprint density at radius 2 is 1.66 bits per heavy atom. The van der Waals surface area contributed by atoms with E-state index < -0.39 is 0 Å². The summed E-state index contributed by atoms with van der Waals surface area (Å²) in [6, 6.07) is 7.75. The highest BCUT2D eigenvalue weighted by molar-refractivity contribution is 5.94. The number of nitrogens with zero attached hydrogens (tertiary/aromatic N) is 2. The van der Waals surface area contributed by atoms with E-state index >= 15 is 0 Å². The van der Waals surface area contributed by atoms with Gasteiger partial charge in [-0.1, -0.05) is 26.0 Å². The highest BCUT2D eigenvalue weighted by atomic mass is 16.5. The second kappa shape index (κ2) is 12.4. The van der Waals surface area contributed by atoms with Gasteiger partial charge < -0.3 is 19.5 Å². The summed E-state index contributed by atoms with van der Waals surface area (Å²) in [5.41, 5.74) is 2.96. The van der Waals surface area contributed by atoms with Crippen molar-refractivity contribution in [1.29, 1.82) is 0 Å². The zero-order valence-corrected chi connectivity index (χ0v) is 17.9. The SMILES string of the molecule is COCCOCCOCCNC(=O)c1ccc(C(C)n2cc(C(C)C)cn2)cc1. The molecule has 7 heteroatoms. The molecule has 0 saturated heterocycles. The van der Waals surface area contributed by atoms with E-state index in [-0.39, 0.29) is 11.9 Å². The summed E-state index contributed by atoms with van der Waals surface area (Å²) in [6.07, 6.45) is 4.00. The molecule has 7 nitrogen and oxygen atoms in total. The van der Waals surface area contributed by atoms with Crippen LogP contribution < -0.4 is 5.32 Å². The maximum absolute atomic E-state index is 12.3. The lowest BCUT2D eigenvalue weighted by Crippen LogP contribution is -2.27. The fourth-order valence-corrected chi connectivity index (χ4v) is 2.73. The molecule has 0 aliphatic heterocycles. The van der Waals surface area contributed by atoms with E-state index in [1.165, 1.54) is 5.56 Å². The fraction of sp³-hybridized carbons (Fsp3) is 0.545. The van der Waals surface area contributed by atoms with Crippen LogP contribution in [0.25, 0.3) is 0 Å². The van der Waals surface area contributed by atoms with Crippen LogP contribution in [0.1, 0.15) is 54.2 Å². The standard InChI is InChI=1S/C22H33N3O4/c1-17(2)21-15-24-25(16-21)18(3)19-5-7-20(8-6-19)22(26)23-9-10-28-13-14-29-12-11-27-4/h5-8,15-18H,9-14H2,1-4H3,(H,23,26). The van der Waals surface area contributed by atoms with Crippen LogP contribution in [0, 0.1) is 0 Å². The summed E-state index contributed by atoms with van der Waals surface area (Å²) in [7, 11) is 1.64. The van der Waals surface area contributed by atoms with E-state index in [0.717, 1.165) is 5.56 Å². The highest BCUT2D eigenvalue weighted by Crippen LogP contribution is 2.20. The van der Waals surface area contributed by atoms with Crippen molar-refractivity contribution in [2.45, 2.75) is 32.7 Å². The van der Waals surface area contributed by atoms with E-state index in [1.807, 2.05) is 35.1 Å². The Balaban J connectivity index is 1.72. The van der Waals surface area contributed by atoms with Gasteiger partial charge in [-0.2, -0.15) is 5.10 Å². The predicted molar refractivity (Wildman–Crippen MR) is 112 cm³/mol. The van der Waals surface area contributed by atoms with Gasteiger partial charge in [-0.05, 0) is 36.1 Å². The molecule has 2 aromatic rings. The minimum atomic E-state index is -0.106. The normalized spacial score (nSPS) is 12.3. The lowest BCUT2D eigenvalue weighted by Gasteiger charge is -2.13. The molecule has 0 fully saturated rings.